The van der Waals surface area contributed by atoms with Crippen LogP contribution in [0.5, 0.6) is 0 Å². The Morgan fingerprint density at radius 3 is 2.62 bits per heavy atom. The molecule has 2 nitrogen and oxygen atoms in total. The average molecular weight is 276 g/mol. The van der Waals surface area contributed by atoms with Crippen LogP contribution in [-0.2, 0) is 6.42 Å². The topological polar surface area (TPSA) is 24.9 Å². The van der Waals surface area contributed by atoms with Gasteiger partial charge < -0.3 is 5.32 Å². The third-order valence-electron chi connectivity index (χ3n) is 4.62. The van der Waals surface area contributed by atoms with E-state index >= 15 is 0 Å². The Hall–Kier alpha value is -1.93. The molecule has 2 heterocycles. The average Bonchev–Trinajstić information content (AvgIpc) is 2.74. The van der Waals surface area contributed by atoms with E-state index in [9.17, 15) is 0 Å². The minimum atomic E-state index is 0.618. The molecular formula is C19H20N2. The molecule has 1 aliphatic carbocycles. The molecule has 1 N–H and O–H groups in total. The van der Waals surface area contributed by atoms with Crippen molar-refractivity contribution in [2.75, 3.05) is 13.1 Å². The molecule has 0 saturated carbocycles. The largest absolute Gasteiger partial charge is 0.317 e. The molecule has 0 unspecified atom stereocenters. The highest BCUT2D eigenvalue weighted by molar-refractivity contribution is 5.55. The number of rotatable bonds is 1. The zero-order valence-corrected chi connectivity index (χ0v) is 12.2. The van der Waals surface area contributed by atoms with Crippen LogP contribution in [0.1, 0.15) is 35.7 Å². The first kappa shape index (κ1) is 12.8. The predicted octanol–water partition coefficient (Wildman–Crippen LogP) is 1.71. The second-order valence-corrected chi connectivity index (χ2v) is 5.99. The fourth-order valence-corrected chi connectivity index (χ4v) is 3.36. The molecule has 1 fully saturated rings. The maximum Gasteiger partial charge on any atom is 0.0674 e. The summed E-state index contributed by atoms with van der Waals surface area (Å²) in [5, 5.41) is 6.03. The molecule has 0 spiro atoms. The van der Waals surface area contributed by atoms with E-state index in [2.05, 4.69) is 53.9 Å². The number of aromatic nitrogens is 1. The minimum absolute atomic E-state index is 0.618. The van der Waals surface area contributed by atoms with Gasteiger partial charge >= 0.3 is 0 Å². The van der Waals surface area contributed by atoms with Gasteiger partial charge in [-0.15, -0.1) is 0 Å². The van der Waals surface area contributed by atoms with Crippen LogP contribution in [0.15, 0.2) is 36.4 Å². The molecule has 0 amide bonds. The Morgan fingerprint density at radius 1 is 0.952 bits per heavy atom. The van der Waals surface area contributed by atoms with E-state index in [4.69, 9.17) is 4.98 Å². The molecule has 0 radical (unpaired) electrons. The molecule has 2 aliphatic rings. The molecule has 1 aliphatic heterocycles. The molecule has 0 bridgehead atoms. The van der Waals surface area contributed by atoms with Gasteiger partial charge in [-0.1, -0.05) is 36.4 Å². The van der Waals surface area contributed by atoms with Gasteiger partial charge in [0.15, 0.2) is 0 Å². The molecule has 2 aromatic rings. The van der Waals surface area contributed by atoms with Crippen LogP contribution in [-0.4, -0.2) is 18.1 Å². The van der Waals surface area contributed by atoms with E-state index in [1.165, 1.54) is 34.5 Å². The van der Waals surface area contributed by atoms with Crippen LogP contribution in [0.2, 0.25) is 0 Å². The van der Waals surface area contributed by atoms with Crippen molar-refractivity contribution in [1.29, 1.82) is 0 Å². The van der Waals surface area contributed by atoms with Gasteiger partial charge in [-0.3, -0.25) is 4.98 Å². The van der Waals surface area contributed by atoms with Crippen molar-refractivity contribution in [2.24, 2.45) is 0 Å². The van der Waals surface area contributed by atoms with Crippen LogP contribution < -0.4 is 15.8 Å². The lowest BCUT2D eigenvalue weighted by molar-refractivity contribution is 0.453. The van der Waals surface area contributed by atoms with E-state index in [1.54, 1.807) is 0 Å². The van der Waals surface area contributed by atoms with E-state index in [-0.39, 0.29) is 0 Å². The first-order valence-corrected chi connectivity index (χ1v) is 7.88. The number of hydrogen-bond acceptors (Lipinski definition) is 2. The van der Waals surface area contributed by atoms with Gasteiger partial charge in [0.05, 0.1) is 5.69 Å². The van der Waals surface area contributed by atoms with Crippen LogP contribution in [0.3, 0.4) is 0 Å². The van der Waals surface area contributed by atoms with Crippen LogP contribution >= 0.6 is 0 Å². The van der Waals surface area contributed by atoms with Crippen molar-refractivity contribution in [3.63, 3.8) is 0 Å². The molecule has 106 valence electrons. The van der Waals surface area contributed by atoms with Crippen molar-refractivity contribution < 1.29 is 0 Å². The molecule has 1 aromatic carbocycles. The number of benzene rings is 1. The highest BCUT2D eigenvalue weighted by atomic mass is 14.9. The van der Waals surface area contributed by atoms with E-state index < -0.39 is 0 Å². The lowest BCUT2D eigenvalue weighted by Gasteiger charge is -2.22. The standard InChI is InChI=1S/C19H20N2/c1-2-4-17-13-19-15(6-5-14(17)3-1)7-8-18(21-19)16-9-11-20-12-10-16/h1-5,7-8,13,16,20H,6,9-12H2. The third kappa shape index (κ3) is 2.52. The molecule has 21 heavy (non-hydrogen) atoms. The minimum Gasteiger partial charge on any atom is -0.317 e. The Labute approximate surface area is 125 Å². The van der Waals surface area contributed by atoms with Crippen LogP contribution in [0.25, 0.3) is 12.2 Å². The second-order valence-electron chi connectivity index (χ2n) is 5.99. The van der Waals surface area contributed by atoms with E-state index in [0.29, 0.717) is 5.92 Å². The van der Waals surface area contributed by atoms with Gasteiger partial charge in [0, 0.05) is 11.6 Å². The maximum absolute atomic E-state index is 4.99. The van der Waals surface area contributed by atoms with Gasteiger partial charge in [-0.05, 0) is 60.5 Å². The molecule has 0 atom stereocenters. The zero-order valence-electron chi connectivity index (χ0n) is 12.2. The maximum atomic E-state index is 4.99. The quantitative estimate of drug-likeness (QED) is 0.858. The Balaban J connectivity index is 1.78. The number of fused-ring (bicyclic) bond motifs is 2. The monoisotopic (exact) mass is 276 g/mol. The molecular weight excluding hydrogens is 256 g/mol. The SMILES string of the molecule is C1=c2ccccc2=Cc2nc(C3CCNCC3)ccc2C1. The highest BCUT2D eigenvalue weighted by Gasteiger charge is 2.17. The van der Waals surface area contributed by atoms with Crippen molar-refractivity contribution >= 4 is 12.2 Å². The highest BCUT2D eigenvalue weighted by Crippen LogP contribution is 2.25. The summed E-state index contributed by atoms with van der Waals surface area (Å²) < 4.78 is 0. The number of hydrogen-bond donors (Lipinski definition) is 1. The van der Waals surface area contributed by atoms with E-state index in [0.717, 1.165) is 25.2 Å². The summed E-state index contributed by atoms with van der Waals surface area (Å²) in [6.07, 6.45) is 7.94. The van der Waals surface area contributed by atoms with Gasteiger partial charge in [0.1, 0.15) is 0 Å². The Morgan fingerprint density at radius 2 is 1.76 bits per heavy atom. The van der Waals surface area contributed by atoms with Crippen molar-refractivity contribution in [3.8, 4) is 0 Å². The van der Waals surface area contributed by atoms with Crippen LogP contribution in [0, 0.1) is 0 Å². The number of piperidine rings is 1. The molecule has 4 rings (SSSR count). The van der Waals surface area contributed by atoms with Gasteiger partial charge in [0.2, 0.25) is 0 Å². The van der Waals surface area contributed by atoms with Gasteiger partial charge in [0.25, 0.3) is 0 Å². The predicted molar refractivity (Wildman–Crippen MR) is 86.5 cm³/mol. The van der Waals surface area contributed by atoms with Crippen molar-refractivity contribution in [2.45, 2.75) is 25.2 Å². The van der Waals surface area contributed by atoms with Gasteiger partial charge in [-0.25, -0.2) is 0 Å². The lowest BCUT2D eigenvalue weighted by Crippen LogP contribution is -2.27. The number of nitrogens with zero attached hydrogens (tertiary/aromatic N) is 1. The fraction of sp³-hybridized carbons (Fsp3) is 0.316. The summed E-state index contributed by atoms with van der Waals surface area (Å²) in [7, 11) is 0. The summed E-state index contributed by atoms with van der Waals surface area (Å²) in [6.45, 7) is 2.23. The third-order valence-corrected chi connectivity index (χ3v) is 4.62. The summed E-state index contributed by atoms with van der Waals surface area (Å²) in [4.78, 5) is 4.99. The first-order chi connectivity index (χ1) is 10.4. The summed E-state index contributed by atoms with van der Waals surface area (Å²) in [5.41, 5.74) is 3.77. The van der Waals surface area contributed by atoms with Crippen molar-refractivity contribution in [3.05, 3.63) is 63.8 Å². The summed E-state index contributed by atoms with van der Waals surface area (Å²) in [6, 6.07) is 13.1. The van der Waals surface area contributed by atoms with E-state index in [1.807, 2.05) is 0 Å². The smallest absolute Gasteiger partial charge is 0.0674 e. The van der Waals surface area contributed by atoms with Gasteiger partial charge in [-0.2, -0.15) is 0 Å². The molecule has 1 aromatic heterocycles. The fourth-order valence-electron chi connectivity index (χ4n) is 3.36. The lowest BCUT2D eigenvalue weighted by atomic mass is 9.93. The summed E-state index contributed by atoms with van der Waals surface area (Å²) >= 11 is 0. The Bertz CT molecular complexity index is 770. The summed E-state index contributed by atoms with van der Waals surface area (Å²) in [5.74, 6) is 0.618. The number of pyridine rings is 1. The first-order valence-electron chi connectivity index (χ1n) is 7.88. The normalized spacial score (nSPS) is 17.9. The zero-order chi connectivity index (χ0) is 14.1. The van der Waals surface area contributed by atoms with Crippen molar-refractivity contribution in [1.82, 2.24) is 10.3 Å². The van der Waals surface area contributed by atoms with Crippen LogP contribution in [0.4, 0.5) is 0 Å². The number of nitrogens with one attached hydrogen (secondary N) is 1. The molecule has 2 heteroatoms. The Kier molecular flexibility index (Phi) is 3.32. The second kappa shape index (κ2) is 5.45. The molecule has 1 saturated heterocycles.